The Morgan fingerprint density at radius 1 is 0.905 bits per heavy atom. The molecule has 108 valence electrons. The summed E-state index contributed by atoms with van der Waals surface area (Å²) in [6.07, 6.45) is 0. The average Bonchev–Trinajstić information content (AvgIpc) is 2.40. The quantitative estimate of drug-likeness (QED) is 0.912. The van der Waals surface area contributed by atoms with Crippen LogP contribution in [0.15, 0.2) is 42.5 Å². The van der Waals surface area contributed by atoms with Gasteiger partial charge < -0.3 is 10.6 Å². The van der Waals surface area contributed by atoms with Crippen LogP contribution >= 0.6 is 0 Å². The monoisotopic (exact) mass is 290 g/mol. The Morgan fingerprint density at radius 2 is 1.48 bits per heavy atom. The Bertz CT molecular complexity index is 685. The van der Waals surface area contributed by atoms with Gasteiger partial charge in [-0.2, -0.15) is 0 Å². The summed E-state index contributed by atoms with van der Waals surface area (Å²) in [5, 5.41) is 5.06. The maximum Gasteiger partial charge on any atom is 0.258 e. The van der Waals surface area contributed by atoms with E-state index in [9.17, 15) is 18.4 Å². The molecule has 0 saturated heterocycles. The largest absolute Gasteiger partial charge is 0.326 e. The predicted molar refractivity (Wildman–Crippen MR) is 75.1 cm³/mol. The maximum absolute atomic E-state index is 13.5. The van der Waals surface area contributed by atoms with Crippen LogP contribution in [0.1, 0.15) is 17.3 Å². The van der Waals surface area contributed by atoms with Crippen LogP contribution in [0.4, 0.5) is 20.2 Å². The van der Waals surface area contributed by atoms with Crippen LogP contribution in [0.3, 0.4) is 0 Å². The fraction of sp³-hybridized carbons (Fsp3) is 0.0667. The predicted octanol–water partition coefficient (Wildman–Crippen LogP) is 3.18. The van der Waals surface area contributed by atoms with Gasteiger partial charge in [0.25, 0.3) is 5.91 Å². The van der Waals surface area contributed by atoms with Gasteiger partial charge in [0.2, 0.25) is 5.91 Å². The molecule has 0 bridgehead atoms. The van der Waals surface area contributed by atoms with Crippen molar-refractivity contribution in [1.82, 2.24) is 0 Å². The normalized spacial score (nSPS) is 10.0. The number of hydrogen-bond donors (Lipinski definition) is 2. The molecule has 0 unspecified atom stereocenters. The molecule has 0 aliphatic carbocycles. The minimum absolute atomic E-state index is 0.208. The van der Waals surface area contributed by atoms with Gasteiger partial charge in [0.1, 0.15) is 11.6 Å². The molecule has 0 atom stereocenters. The number of halogens is 2. The first-order valence-electron chi connectivity index (χ1n) is 6.10. The van der Waals surface area contributed by atoms with E-state index in [0.29, 0.717) is 17.4 Å². The van der Waals surface area contributed by atoms with Crippen LogP contribution in [0.5, 0.6) is 0 Å². The molecule has 0 fully saturated rings. The van der Waals surface area contributed by atoms with Gasteiger partial charge in [0, 0.05) is 24.4 Å². The van der Waals surface area contributed by atoms with Crippen molar-refractivity contribution in [2.75, 3.05) is 10.6 Å². The number of rotatable bonds is 3. The SMILES string of the molecule is CC(=O)Nc1ccc(NC(=O)c2ccc(F)cc2F)cc1. The summed E-state index contributed by atoms with van der Waals surface area (Å²) in [7, 11) is 0. The van der Waals surface area contributed by atoms with E-state index >= 15 is 0 Å². The van der Waals surface area contributed by atoms with Crippen LogP contribution in [0, 0.1) is 11.6 Å². The maximum atomic E-state index is 13.5. The molecule has 0 saturated carbocycles. The Morgan fingerprint density at radius 3 is 2.00 bits per heavy atom. The van der Waals surface area contributed by atoms with Crippen molar-refractivity contribution in [2.24, 2.45) is 0 Å². The lowest BCUT2D eigenvalue weighted by molar-refractivity contribution is -0.114. The summed E-state index contributed by atoms with van der Waals surface area (Å²) in [6.45, 7) is 1.38. The van der Waals surface area contributed by atoms with Crippen molar-refractivity contribution < 1.29 is 18.4 Å². The summed E-state index contributed by atoms with van der Waals surface area (Å²) in [6, 6.07) is 9.05. The minimum atomic E-state index is -0.928. The Hall–Kier alpha value is -2.76. The van der Waals surface area contributed by atoms with Gasteiger partial charge in [-0.15, -0.1) is 0 Å². The third-order valence-electron chi connectivity index (χ3n) is 2.64. The molecule has 2 aromatic carbocycles. The standard InChI is InChI=1S/C15H12F2N2O2/c1-9(20)18-11-3-5-12(6-4-11)19-15(21)13-7-2-10(16)8-14(13)17/h2-8H,1H3,(H,18,20)(H,19,21). The highest BCUT2D eigenvalue weighted by atomic mass is 19.1. The Balaban J connectivity index is 2.10. The number of carbonyl (C=O) groups excluding carboxylic acids is 2. The molecule has 6 heteroatoms. The van der Waals surface area contributed by atoms with Gasteiger partial charge >= 0.3 is 0 Å². The highest BCUT2D eigenvalue weighted by Crippen LogP contribution is 2.16. The van der Waals surface area contributed by atoms with Crippen molar-refractivity contribution in [3.05, 3.63) is 59.7 Å². The van der Waals surface area contributed by atoms with Crippen LogP contribution in [-0.4, -0.2) is 11.8 Å². The molecule has 0 aromatic heterocycles. The molecule has 2 rings (SSSR count). The molecule has 4 nitrogen and oxygen atoms in total. The van der Waals surface area contributed by atoms with E-state index in [2.05, 4.69) is 10.6 Å². The molecule has 0 radical (unpaired) electrons. The number of amides is 2. The van der Waals surface area contributed by atoms with E-state index in [-0.39, 0.29) is 11.5 Å². The number of hydrogen-bond acceptors (Lipinski definition) is 2. The fourth-order valence-electron chi connectivity index (χ4n) is 1.71. The van der Waals surface area contributed by atoms with Gasteiger partial charge in [-0.25, -0.2) is 8.78 Å². The molecule has 0 aliphatic rings. The summed E-state index contributed by atoms with van der Waals surface area (Å²) < 4.78 is 26.2. The Labute approximate surface area is 119 Å². The van der Waals surface area contributed by atoms with Gasteiger partial charge in [-0.3, -0.25) is 9.59 Å². The van der Waals surface area contributed by atoms with Crippen LogP contribution < -0.4 is 10.6 Å². The van der Waals surface area contributed by atoms with E-state index in [1.807, 2.05) is 0 Å². The summed E-state index contributed by atoms with van der Waals surface area (Å²) in [4.78, 5) is 22.7. The second-order valence-corrected chi connectivity index (χ2v) is 4.34. The minimum Gasteiger partial charge on any atom is -0.326 e. The van der Waals surface area contributed by atoms with E-state index in [1.54, 1.807) is 24.3 Å². The molecule has 2 N–H and O–H groups in total. The fourth-order valence-corrected chi connectivity index (χ4v) is 1.71. The first kappa shape index (κ1) is 14.6. The number of benzene rings is 2. The number of nitrogens with one attached hydrogen (secondary N) is 2. The third-order valence-corrected chi connectivity index (χ3v) is 2.64. The molecule has 2 amide bonds. The van der Waals surface area contributed by atoms with Crippen LogP contribution in [0.2, 0.25) is 0 Å². The van der Waals surface area contributed by atoms with Gasteiger partial charge in [-0.05, 0) is 36.4 Å². The molecular formula is C15H12F2N2O2. The topological polar surface area (TPSA) is 58.2 Å². The van der Waals surface area contributed by atoms with E-state index < -0.39 is 17.5 Å². The molecule has 21 heavy (non-hydrogen) atoms. The van der Waals surface area contributed by atoms with Crippen molar-refractivity contribution in [1.29, 1.82) is 0 Å². The van der Waals surface area contributed by atoms with Crippen molar-refractivity contribution in [3.63, 3.8) is 0 Å². The Kier molecular flexibility index (Phi) is 4.27. The zero-order chi connectivity index (χ0) is 15.4. The summed E-state index contributed by atoms with van der Waals surface area (Å²) >= 11 is 0. The lowest BCUT2D eigenvalue weighted by Gasteiger charge is -2.07. The molecule has 0 heterocycles. The lowest BCUT2D eigenvalue weighted by Crippen LogP contribution is -2.14. The third kappa shape index (κ3) is 3.85. The van der Waals surface area contributed by atoms with E-state index in [1.165, 1.54) is 6.92 Å². The summed E-state index contributed by atoms with van der Waals surface area (Å²) in [5.41, 5.74) is 0.758. The van der Waals surface area contributed by atoms with Crippen LogP contribution in [0.25, 0.3) is 0 Å². The van der Waals surface area contributed by atoms with Gasteiger partial charge in [0.05, 0.1) is 5.56 Å². The average molecular weight is 290 g/mol. The first-order valence-corrected chi connectivity index (χ1v) is 6.10. The molecule has 0 aliphatic heterocycles. The summed E-state index contributed by atoms with van der Waals surface area (Å²) in [5.74, 6) is -2.56. The number of anilines is 2. The second-order valence-electron chi connectivity index (χ2n) is 4.34. The van der Waals surface area contributed by atoms with E-state index in [4.69, 9.17) is 0 Å². The molecular weight excluding hydrogens is 278 g/mol. The molecule has 2 aromatic rings. The highest BCUT2D eigenvalue weighted by molar-refractivity contribution is 6.04. The van der Waals surface area contributed by atoms with E-state index in [0.717, 1.165) is 12.1 Å². The van der Waals surface area contributed by atoms with Gasteiger partial charge in [0.15, 0.2) is 0 Å². The van der Waals surface area contributed by atoms with Crippen molar-refractivity contribution in [2.45, 2.75) is 6.92 Å². The van der Waals surface area contributed by atoms with Crippen molar-refractivity contribution in [3.8, 4) is 0 Å². The highest BCUT2D eigenvalue weighted by Gasteiger charge is 2.12. The second kappa shape index (κ2) is 6.13. The zero-order valence-corrected chi connectivity index (χ0v) is 11.1. The van der Waals surface area contributed by atoms with Gasteiger partial charge in [-0.1, -0.05) is 0 Å². The van der Waals surface area contributed by atoms with Crippen molar-refractivity contribution >= 4 is 23.2 Å². The van der Waals surface area contributed by atoms with Crippen LogP contribution in [-0.2, 0) is 4.79 Å². The first-order chi connectivity index (χ1) is 9.95. The smallest absolute Gasteiger partial charge is 0.258 e. The lowest BCUT2D eigenvalue weighted by atomic mass is 10.2. The zero-order valence-electron chi connectivity index (χ0n) is 11.1. The molecule has 0 spiro atoms. The number of carbonyl (C=O) groups is 2.